The third-order valence-corrected chi connectivity index (χ3v) is 4.26. The standard InChI is InChI=1S/C13H15N3O3S/c17-13(10-2-1-5-18-10)14-8-11-15-12(16-19-11)9-3-6-20-7-4-9/h1-2,5,9H,3-4,6-8H2,(H,14,17). The first-order valence-electron chi connectivity index (χ1n) is 6.55. The second-order valence-electron chi connectivity index (χ2n) is 4.59. The Bertz CT molecular complexity index is 561. The van der Waals surface area contributed by atoms with Gasteiger partial charge in [-0.05, 0) is 36.5 Å². The summed E-state index contributed by atoms with van der Waals surface area (Å²) in [5.74, 6) is 3.84. The van der Waals surface area contributed by atoms with Crippen molar-refractivity contribution in [2.45, 2.75) is 25.3 Å². The summed E-state index contributed by atoms with van der Waals surface area (Å²) in [4.78, 5) is 16.0. The quantitative estimate of drug-likeness (QED) is 0.930. The van der Waals surface area contributed by atoms with Crippen molar-refractivity contribution in [3.63, 3.8) is 0 Å². The van der Waals surface area contributed by atoms with Crippen LogP contribution >= 0.6 is 11.8 Å². The van der Waals surface area contributed by atoms with Crippen LogP contribution in [0.3, 0.4) is 0 Å². The number of aromatic nitrogens is 2. The Hall–Kier alpha value is -1.76. The van der Waals surface area contributed by atoms with Crippen LogP contribution in [0.15, 0.2) is 27.3 Å². The summed E-state index contributed by atoms with van der Waals surface area (Å²) in [7, 11) is 0. The first kappa shape index (κ1) is 13.2. The minimum Gasteiger partial charge on any atom is -0.459 e. The molecule has 106 valence electrons. The molecular weight excluding hydrogens is 278 g/mol. The van der Waals surface area contributed by atoms with Gasteiger partial charge in [-0.3, -0.25) is 4.79 Å². The van der Waals surface area contributed by atoms with Gasteiger partial charge in [-0.2, -0.15) is 16.7 Å². The Morgan fingerprint density at radius 2 is 2.30 bits per heavy atom. The number of thioether (sulfide) groups is 1. The molecule has 1 amide bonds. The molecule has 3 heterocycles. The van der Waals surface area contributed by atoms with E-state index in [1.54, 1.807) is 12.1 Å². The maximum atomic E-state index is 11.7. The lowest BCUT2D eigenvalue weighted by atomic mass is 10.0. The fourth-order valence-electron chi connectivity index (χ4n) is 2.11. The van der Waals surface area contributed by atoms with Gasteiger partial charge in [0.15, 0.2) is 11.6 Å². The van der Waals surface area contributed by atoms with Crippen LogP contribution in [-0.4, -0.2) is 27.6 Å². The molecule has 7 heteroatoms. The van der Waals surface area contributed by atoms with Crippen LogP contribution in [0.4, 0.5) is 0 Å². The fraction of sp³-hybridized carbons (Fsp3) is 0.462. The zero-order valence-corrected chi connectivity index (χ0v) is 11.7. The molecular formula is C13H15N3O3S. The Morgan fingerprint density at radius 1 is 1.45 bits per heavy atom. The van der Waals surface area contributed by atoms with E-state index in [0.717, 1.165) is 30.2 Å². The monoisotopic (exact) mass is 293 g/mol. The topological polar surface area (TPSA) is 81.2 Å². The van der Waals surface area contributed by atoms with Gasteiger partial charge < -0.3 is 14.3 Å². The van der Waals surface area contributed by atoms with Crippen LogP contribution in [0.2, 0.25) is 0 Å². The third kappa shape index (κ3) is 3.04. The third-order valence-electron chi connectivity index (χ3n) is 3.22. The molecule has 0 spiro atoms. The summed E-state index contributed by atoms with van der Waals surface area (Å²) in [5, 5.41) is 6.69. The zero-order chi connectivity index (χ0) is 13.8. The molecule has 1 saturated heterocycles. The van der Waals surface area contributed by atoms with Crippen molar-refractivity contribution in [2.24, 2.45) is 0 Å². The van der Waals surface area contributed by atoms with Crippen molar-refractivity contribution >= 4 is 17.7 Å². The minimum atomic E-state index is -0.288. The van der Waals surface area contributed by atoms with Crippen molar-refractivity contribution in [2.75, 3.05) is 11.5 Å². The van der Waals surface area contributed by atoms with E-state index in [4.69, 9.17) is 8.94 Å². The van der Waals surface area contributed by atoms with Gasteiger partial charge in [0.1, 0.15) is 0 Å². The van der Waals surface area contributed by atoms with Crippen molar-refractivity contribution in [1.82, 2.24) is 15.5 Å². The summed E-state index contributed by atoms with van der Waals surface area (Å²) >= 11 is 1.96. The summed E-state index contributed by atoms with van der Waals surface area (Å²) in [5.41, 5.74) is 0. The van der Waals surface area contributed by atoms with E-state index >= 15 is 0 Å². The molecule has 0 saturated carbocycles. The number of nitrogens with one attached hydrogen (secondary N) is 1. The van der Waals surface area contributed by atoms with E-state index in [1.807, 2.05) is 11.8 Å². The van der Waals surface area contributed by atoms with Crippen LogP contribution in [0.25, 0.3) is 0 Å². The van der Waals surface area contributed by atoms with Crippen molar-refractivity contribution < 1.29 is 13.7 Å². The molecule has 0 bridgehead atoms. The lowest BCUT2D eigenvalue weighted by molar-refractivity contribution is 0.0918. The molecule has 0 atom stereocenters. The predicted molar refractivity (Wildman–Crippen MR) is 73.5 cm³/mol. The molecule has 6 nitrogen and oxygen atoms in total. The molecule has 1 aliphatic rings. The van der Waals surface area contributed by atoms with Crippen LogP contribution in [0.5, 0.6) is 0 Å². The molecule has 3 rings (SSSR count). The number of amides is 1. The number of hydrogen-bond donors (Lipinski definition) is 1. The number of hydrogen-bond acceptors (Lipinski definition) is 6. The molecule has 1 aliphatic heterocycles. The summed E-state index contributed by atoms with van der Waals surface area (Å²) < 4.78 is 10.2. The van der Waals surface area contributed by atoms with E-state index in [1.165, 1.54) is 6.26 Å². The van der Waals surface area contributed by atoms with E-state index in [9.17, 15) is 4.79 Å². The summed E-state index contributed by atoms with van der Waals surface area (Å²) in [6, 6.07) is 3.27. The SMILES string of the molecule is O=C(NCc1nc(C2CCSCC2)no1)c1ccco1. The minimum absolute atomic E-state index is 0.216. The molecule has 0 aromatic carbocycles. The number of furan rings is 1. The highest BCUT2D eigenvalue weighted by Gasteiger charge is 2.21. The van der Waals surface area contributed by atoms with Gasteiger partial charge in [-0.25, -0.2) is 0 Å². The summed E-state index contributed by atoms with van der Waals surface area (Å²) in [6.45, 7) is 0.216. The molecule has 0 radical (unpaired) electrons. The normalized spacial score (nSPS) is 16.2. The number of rotatable bonds is 4. The average molecular weight is 293 g/mol. The van der Waals surface area contributed by atoms with Crippen molar-refractivity contribution in [3.8, 4) is 0 Å². The lowest BCUT2D eigenvalue weighted by Gasteiger charge is -2.17. The molecule has 0 aliphatic carbocycles. The maximum Gasteiger partial charge on any atom is 0.287 e. The summed E-state index contributed by atoms with van der Waals surface area (Å²) in [6.07, 6.45) is 3.63. The molecule has 0 unspecified atom stereocenters. The van der Waals surface area contributed by atoms with Crippen LogP contribution in [-0.2, 0) is 6.54 Å². The smallest absolute Gasteiger partial charge is 0.287 e. The van der Waals surface area contributed by atoms with Crippen molar-refractivity contribution in [3.05, 3.63) is 35.9 Å². The first-order chi connectivity index (χ1) is 9.83. The van der Waals surface area contributed by atoms with Gasteiger partial charge in [-0.15, -0.1) is 0 Å². The van der Waals surface area contributed by atoms with Gasteiger partial charge in [0.2, 0.25) is 5.89 Å². The second kappa shape index (κ2) is 6.13. The molecule has 2 aromatic heterocycles. The van der Waals surface area contributed by atoms with E-state index in [0.29, 0.717) is 11.8 Å². The van der Waals surface area contributed by atoms with Crippen LogP contribution in [0, 0.1) is 0 Å². The van der Waals surface area contributed by atoms with Crippen LogP contribution in [0.1, 0.15) is 41.0 Å². The molecule has 20 heavy (non-hydrogen) atoms. The fourth-order valence-corrected chi connectivity index (χ4v) is 3.22. The van der Waals surface area contributed by atoms with E-state index in [2.05, 4.69) is 15.5 Å². The van der Waals surface area contributed by atoms with Gasteiger partial charge in [0.05, 0.1) is 12.8 Å². The van der Waals surface area contributed by atoms with Gasteiger partial charge >= 0.3 is 0 Å². The predicted octanol–water partition coefficient (Wildman–Crippen LogP) is 2.20. The van der Waals surface area contributed by atoms with E-state index < -0.39 is 0 Å². The highest BCUT2D eigenvalue weighted by Crippen LogP contribution is 2.29. The molecule has 1 fully saturated rings. The highest BCUT2D eigenvalue weighted by molar-refractivity contribution is 7.99. The Balaban J connectivity index is 1.56. The van der Waals surface area contributed by atoms with Gasteiger partial charge in [0, 0.05) is 5.92 Å². The average Bonchev–Trinajstić information content (AvgIpc) is 3.17. The Morgan fingerprint density at radius 3 is 3.05 bits per heavy atom. The second-order valence-corrected chi connectivity index (χ2v) is 5.82. The van der Waals surface area contributed by atoms with Gasteiger partial charge in [0.25, 0.3) is 5.91 Å². The number of carbonyl (C=O) groups excluding carboxylic acids is 1. The number of carbonyl (C=O) groups is 1. The molecule has 1 N–H and O–H groups in total. The largest absolute Gasteiger partial charge is 0.459 e. The zero-order valence-electron chi connectivity index (χ0n) is 10.9. The van der Waals surface area contributed by atoms with Gasteiger partial charge in [-0.1, -0.05) is 5.16 Å². The Kier molecular flexibility index (Phi) is 4.05. The van der Waals surface area contributed by atoms with Crippen LogP contribution < -0.4 is 5.32 Å². The maximum absolute atomic E-state index is 11.7. The lowest BCUT2D eigenvalue weighted by Crippen LogP contribution is -2.22. The Labute approximate surface area is 120 Å². The van der Waals surface area contributed by atoms with Crippen molar-refractivity contribution in [1.29, 1.82) is 0 Å². The first-order valence-corrected chi connectivity index (χ1v) is 7.70. The highest BCUT2D eigenvalue weighted by atomic mass is 32.2. The van der Waals surface area contributed by atoms with E-state index in [-0.39, 0.29) is 18.2 Å². The number of nitrogens with zero attached hydrogens (tertiary/aromatic N) is 2. The molecule has 2 aromatic rings.